The molecule has 0 radical (unpaired) electrons. The van der Waals surface area contributed by atoms with Gasteiger partial charge < -0.3 is 20.7 Å². The molecule has 1 aliphatic rings. The number of carbonyl (C=O) groups is 2. The van der Waals surface area contributed by atoms with Crippen LogP contribution in [0.3, 0.4) is 0 Å². The summed E-state index contributed by atoms with van der Waals surface area (Å²) in [6.45, 7) is 1.96. The maximum atomic E-state index is 12.5. The quantitative estimate of drug-likeness (QED) is 0.806. The molecule has 7 heteroatoms. The SMILES string of the molecule is COC(CN)CC(=O)Nc1ccc(C(=O)N2CCCCCC2)cc1.Cl. The maximum absolute atomic E-state index is 12.5. The van der Waals surface area contributed by atoms with Crippen molar-refractivity contribution in [2.75, 3.05) is 32.1 Å². The minimum atomic E-state index is -0.283. The van der Waals surface area contributed by atoms with Crippen molar-refractivity contribution >= 4 is 29.9 Å². The van der Waals surface area contributed by atoms with Crippen LogP contribution in [-0.4, -0.2) is 49.6 Å². The Kier molecular flexibility index (Phi) is 9.49. The van der Waals surface area contributed by atoms with Crippen molar-refractivity contribution in [2.24, 2.45) is 5.73 Å². The van der Waals surface area contributed by atoms with Crippen LogP contribution < -0.4 is 11.1 Å². The first-order valence-electron chi connectivity index (χ1n) is 8.56. The molecule has 0 aliphatic carbocycles. The molecule has 1 saturated heterocycles. The fourth-order valence-electron chi connectivity index (χ4n) is 2.83. The number of benzene rings is 1. The van der Waals surface area contributed by atoms with E-state index in [0.29, 0.717) is 17.8 Å². The average molecular weight is 370 g/mol. The van der Waals surface area contributed by atoms with E-state index in [0.717, 1.165) is 25.9 Å². The number of hydrogen-bond donors (Lipinski definition) is 2. The van der Waals surface area contributed by atoms with Crippen LogP contribution in [-0.2, 0) is 9.53 Å². The van der Waals surface area contributed by atoms with E-state index in [2.05, 4.69) is 5.32 Å². The highest BCUT2D eigenvalue weighted by Crippen LogP contribution is 2.16. The third kappa shape index (κ3) is 6.65. The summed E-state index contributed by atoms with van der Waals surface area (Å²) in [6, 6.07) is 7.04. The number of methoxy groups -OCH3 is 1. The van der Waals surface area contributed by atoms with E-state index in [1.54, 1.807) is 24.3 Å². The summed E-state index contributed by atoms with van der Waals surface area (Å²) in [7, 11) is 1.54. The van der Waals surface area contributed by atoms with Gasteiger partial charge in [0.1, 0.15) is 0 Å². The fraction of sp³-hybridized carbons (Fsp3) is 0.556. The lowest BCUT2D eigenvalue weighted by molar-refractivity contribution is -0.118. The van der Waals surface area contributed by atoms with Gasteiger partial charge in [-0.2, -0.15) is 0 Å². The largest absolute Gasteiger partial charge is 0.380 e. The zero-order valence-corrected chi connectivity index (χ0v) is 15.5. The molecule has 1 unspecified atom stereocenters. The first-order chi connectivity index (χ1) is 11.6. The summed E-state index contributed by atoms with van der Waals surface area (Å²) in [6.07, 6.45) is 4.46. The van der Waals surface area contributed by atoms with E-state index >= 15 is 0 Å². The van der Waals surface area contributed by atoms with Crippen molar-refractivity contribution in [1.29, 1.82) is 0 Å². The number of amides is 2. The Morgan fingerprint density at radius 3 is 2.28 bits per heavy atom. The van der Waals surface area contributed by atoms with Crippen molar-refractivity contribution in [3.05, 3.63) is 29.8 Å². The van der Waals surface area contributed by atoms with Crippen molar-refractivity contribution in [3.8, 4) is 0 Å². The summed E-state index contributed by atoms with van der Waals surface area (Å²) in [5.41, 5.74) is 6.84. The monoisotopic (exact) mass is 369 g/mol. The number of anilines is 1. The van der Waals surface area contributed by atoms with Gasteiger partial charge in [-0.05, 0) is 37.1 Å². The predicted octanol–water partition coefficient (Wildman–Crippen LogP) is 2.43. The van der Waals surface area contributed by atoms with E-state index in [1.807, 2.05) is 4.90 Å². The average Bonchev–Trinajstić information content (AvgIpc) is 2.89. The Morgan fingerprint density at radius 2 is 1.76 bits per heavy atom. The molecule has 0 saturated carbocycles. The second-order valence-electron chi connectivity index (χ2n) is 6.13. The van der Waals surface area contributed by atoms with Crippen molar-refractivity contribution in [3.63, 3.8) is 0 Å². The summed E-state index contributed by atoms with van der Waals surface area (Å²) in [4.78, 5) is 26.4. The van der Waals surface area contributed by atoms with Gasteiger partial charge in [-0.3, -0.25) is 9.59 Å². The molecule has 1 aliphatic heterocycles. The van der Waals surface area contributed by atoms with Gasteiger partial charge in [0.15, 0.2) is 0 Å². The normalized spacial score (nSPS) is 15.7. The summed E-state index contributed by atoms with van der Waals surface area (Å²) >= 11 is 0. The minimum Gasteiger partial charge on any atom is -0.380 e. The molecule has 1 atom stereocenters. The van der Waals surface area contributed by atoms with E-state index in [-0.39, 0.29) is 36.7 Å². The van der Waals surface area contributed by atoms with E-state index in [4.69, 9.17) is 10.5 Å². The number of halogens is 1. The standard InChI is InChI=1S/C18H27N3O3.ClH/c1-24-16(13-19)12-17(22)20-15-8-6-14(7-9-15)18(23)21-10-4-2-3-5-11-21;/h6-9,16H,2-5,10-13,19H2,1H3,(H,20,22);1H. The van der Waals surface area contributed by atoms with E-state index in [1.165, 1.54) is 20.0 Å². The van der Waals surface area contributed by atoms with Crippen molar-refractivity contribution < 1.29 is 14.3 Å². The summed E-state index contributed by atoms with van der Waals surface area (Å²) in [5.74, 6) is -0.0868. The molecule has 140 valence electrons. The molecule has 3 N–H and O–H groups in total. The molecular weight excluding hydrogens is 342 g/mol. The minimum absolute atomic E-state index is 0. The molecule has 25 heavy (non-hydrogen) atoms. The van der Waals surface area contributed by atoms with Gasteiger partial charge in [0.2, 0.25) is 5.91 Å². The highest BCUT2D eigenvalue weighted by molar-refractivity contribution is 5.96. The van der Waals surface area contributed by atoms with Crippen LogP contribution in [0, 0.1) is 0 Å². The number of ether oxygens (including phenoxy) is 1. The predicted molar refractivity (Wildman–Crippen MR) is 101 cm³/mol. The van der Waals surface area contributed by atoms with Gasteiger partial charge in [0.05, 0.1) is 12.5 Å². The van der Waals surface area contributed by atoms with Crippen LogP contribution in [0.2, 0.25) is 0 Å². The first kappa shape index (κ1) is 21.4. The highest BCUT2D eigenvalue weighted by atomic mass is 35.5. The van der Waals surface area contributed by atoms with Crippen molar-refractivity contribution in [1.82, 2.24) is 4.90 Å². The Bertz CT molecular complexity index is 539. The lowest BCUT2D eigenvalue weighted by Gasteiger charge is -2.20. The molecule has 2 amide bonds. The third-order valence-corrected chi connectivity index (χ3v) is 4.32. The van der Waals surface area contributed by atoms with Crippen molar-refractivity contribution in [2.45, 2.75) is 38.2 Å². The van der Waals surface area contributed by atoms with Gasteiger partial charge in [-0.1, -0.05) is 12.8 Å². The van der Waals surface area contributed by atoms with Crippen LogP contribution in [0.4, 0.5) is 5.69 Å². The zero-order valence-electron chi connectivity index (χ0n) is 14.7. The molecule has 1 fully saturated rings. The Morgan fingerprint density at radius 1 is 1.16 bits per heavy atom. The number of nitrogens with zero attached hydrogens (tertiary/aromatic N) is 1. The third-order valence-electron chi connectivity index (χ3n) is 4.32. The van der Waals surface area contributed by atoms with Crippen LogP contribution in [0.15, 0.2) is 24.3 Å². The topological polar surface area (TPSA) is 84.7 Å². The molecule has 0 spiro atoms. The molecule has 0 aromatic heterocycles. The summed E-state index contributed by atoms with van der Waals surface area (Å²) < 4.78 is 5.10. The van der Waals surface area contributed by atoms with Crippen LogP contribution in [0.1, 0.15) is 42.5 Å². The lowest BCUT2D eigenvalue weighted by atomic mass is 10.1. The zero-order chi connectivity index (χ0) is 17.4. The number of nitrogens with two attached hydrogens (primary N) is 1. The van der Waals surface area contributed by atoms with E-state index < -0.39 is 0 Å². The second kappa shape index (κ2) is 11.1. The molecule has 0 bridgehead atoms. The number of hydrogen-bond acceptors (Lipinski definition) is 4. The Balaban J connectivity index is 0.00000312. The smallest absolute Gasteiger partial charge is 0.253 e. The van der Waals surface area contributed by atoms with Gasteiger partial charge in [0.25, 0.3) is 5.91 Å². The van der Waals surface area contributed by atoms with Crippen LogP contribution in [0.25, 0.3) is 0 Å². The molecule has 1 aromatic carbocycles. The number of nitrogens with one attached hydrogen (secondary N) is 1. The Hall–Kier alpha value is -1.63. The molecule has 6 nitrogen and oxygen atoms in total. The number of carbonyl (C=O) groups excluding carboxylic acids is 2. The fourth-order valence-corrected chi connectivity index (χ4v) is 2.83. The highest BCUT2D eigenvalue weighted by Gasteiger charge is 2.17. The van der Waals surface area contributed by atoms with Crippen LogP contribution in [0.5, 0.6) is 0 Å². The van der Waals surface area contributed by atoms with Gasteiger partial charge in [-0.25, -0.2) is 0 Å². The number of rotatable bonds is 6. The molecular formula is C18H28ClN3O3. The van der Waals surface area contributed by atoms with Gasteiger partial charge >= 0.3 is 0 Å². The Labute approximate surface area is 155 Å². The summed E-state index contributed by atoms with van der Waals surface area (Å²) in [5, 5.41) is 2.80. The first-order valence-corrected chi connectivity index (χ1v) is 8.56. The molecule has 1 aromatic rings. The number of likely N-dealkylation sites (tertiary alicyclic amines) is 1. The molecule has 2 rings (SSSR count). The van der Waals surface area contributed by atoms with E-state index in [9.17, 15) is 9.59 Å². The van der Waals surface area contributed by atoms with Gasteiger partial charge in [-0.15, -0.1) is 12.4 Å². The molecule has 1 heterocycles. The maximum Gasteiger partial charge on any atom is 0.253 e. The second-order valence-corrected chi connectivity index (χ2v) is 6.13. The van der Waals surface area contributed by atoms with Crippen LogP contribution >= 0.6 is 12.4 Å². The van der Waals surface area contributed by atoms with Gasteiger partial charge in [0, 0.05) is 38.0 Å². The lowest BCUT2D eigenvalue weighted by Crippen LogP contribution is -2.31.